The van der Waals surface area contributed by atoms with Crippen LogP contribution in [0.5, 0.6) is 0 Å². The van der Waals surface area contributed by atoms with Crippen molar-refractivity contribution in [2.75, 3.05) is 5.43 Å². The van der Waals surface area contributed by atoms with Crippen LogP contribution in [-0.4, -0.2) is 20.7 Å². The number of hydrogen-bond donors (Lipinski definition) is 3. The molecule has 2 aromatic rings. The Hall–Kier alpha value is -2.41. The lowest BCUT2D eigenvalue weighted by Crippen LogP contribution is -2.23. The Kier molecular flexibility index (Phi) is 3.54. The van der Waals surface area contributed by atoms with Gasteiger partial charge in [-0.1, -0.05) is 0 Å². The number of nitrogen functional groups attached to an aromatic ring is 1. The third-order valence-electron chi connectivity index (χ3n) is 2.37. The van der Waals surface area contributed by atoms with Gasteiger partial charge in [0, 0.05) is 19.4 Å². The lowest BCUT2D eigenvalue weighted by atomic mass is 10.2. The molecule has 0 unspecified atom stereocenters. The molecule has 0 radical (unpaired) electrons. The molecule has 2 rings (SSSR count). The van der Waals surface area contributed by atoms with E-state index in [9.17, 15) is 4.79 Å². The first-order valence-corrected chi connectivity index (χ1v) is 5.38. The van der Waals surface area contributed by atoms with Crippen molar-refractivity contribution in [3.63, 3.8) is 0 Å². The standard InChI is InChI=1S/C11H14N6O/c1-17-5-4-9(16-17)7-14-11(18)8-2-3-10(15-12)13-6-8/h2-6H,7,12H2,1H3,(H,13,15)(H,14,18). The molecule has 0 saturated heterocycles. The van der Waals surface area contributed by atoms with Gasteiger partial charge in [-0.15, -0.1) is 0 Å². The quantitative estimate of drug-likeness (QED) is 0.522. The molecule has 0 spiro atoms. The van der Waals surface area contributed by atoms with Crippen molar-refractivity contribution in [3.05, 3.63) is 41.9 Å². The topological polar surface area (TPSA) is 97.9 Å². The summed E-state index contributed by atoms with van der Waals surface area (Å²) in [5.74, 6) is 5.50. The van der Waals surface area contributed by atoms with Gasteiger partial charge in [0.05, 0.1) is 17.8 Å². The van der Waals surface area contributed by atoms with Crippen molar-refractivity contribution < 1.29 is 4.79 Å². The summed E-state index contributed by atoms with van der Waals surface area (Å²) >= 11 is 0. The molecule has 2 heterocycles. The second-order valence-corrected chi connectivity index (χ2v) is 3.74. The molecule has 2 aromatic heterocycles. The Bertz CT molecular complexity index is 533. The normalized spacial score (nSPS) is 10.1. The van der Waals surface area contributed by atoms with E-state index >= 15 is 0 Å². The number of rotatable bonds is 4. The van der Waals surface area contributed by atoms with Crippen LogP contribution >= 0.6 is 0 Å². The van der Waals surface area contributed by atoms with Crippen molar-refractivity contribution in [1.29, 1.82) is 0 Å². The first-order valence-electron chi connectivity index (χ1n) is 5.38. The molecule has 0 fully saturated rings. The maximum atomic E-state index is 11.8. The van der Waals surface area contributed by atoms with Gasteiger partial charge >= 0.3 is 0 Å². The molecule has 94 valence electrons. The summed E-state index contributed by atoms with van der Waals surface area (Å²) in [6.07, 6.45) is 3.29. The van der Waals surface area contributed by atoms with Crippen LogP contribution in [0.4, 0.5) is 5.82 Å². The van der Waals surface area contributed by atoms with Gasteiger partial charge in [0.1, 0.15) is 5.82 Å². The van der Waals surface area contributed by atoms with E-state index in [1.54, 1.807) is 16.8 Å². The largest absolute Gasteiger partial charge is 0.346 e. The Balaban J connectivity index is 1.94. The number of hydrazine groups is 1. The molecular weight excluding hydrogens is 232 g/mol. The molecule has 4 N–H and O–H groups in total. The first kappa shape index (κ1) is 12.1. The lowest BCUT2D eigenvalue weighted by molar-refractivity contribution is 0.0950. The summed E-state index contributed by atoms with van der Waals surface area (Å²) in [7, 11) is 1.83. The zero-order valence-electron chi connectivity index (χ0n) is 9.92. The maximum Gasteiger partial charge on any atom is 0.253 e. The number of nitrogens with one attached hydrogen (secondary N) is 2. The second-order valence-electron chi connectivity index (χ2n) is 3.74. The number of hydrogen-bond acceptors (Lipinski definition) is 5. The van der Waals surface area contributed by atoms with E-state index in [1.165, 1.54) is 6.20 Å². The Morgan fingerprint density at radius 1 is 1.44 bits per heavy atom. The predicted molar refractivity (Wildman–Crippen MR) is 66.4 cm³/mol. The lowest BCUT2D eigenvalue weighted by Gasteiger charge is -2.04. The number of nitrogens with two attached hydrogens (primary N) is 1. The number of aromatic nitrogens is 3. The number of amides is 1. The van der Waals surface area contributed by atoms with Crippen LogP contribution < -0.4 is 16.6 Å². The van der Waals surface area contributed by atoms with Gasteiger partial charge in [-0.05, 0) is 18.2 Å². The smallest absolute Gasteiger partial charge is 0.253 e. The van der Waals surface area contributed by atoms with Crippen molar-refractivity contribution in [2.45, 2.75) is 6.54 Å². The average Bonchev–Trinajstić information content (AvgIpc) is 2.82. The average molecular weight is 246 g/mol. The summed E-state index contributed by atoms with van der Waals surface area (Å²) < 4.78 is 1.69. The van der Waals surface area contributed by atoms with Crippen LogP contribution in [0.1, 0.15) is 16.1 Å². The van der Waals surface area contributed by atoms with Gasteiger partial charge in [0.2, 0.25) is 0 Å². The molecule has 7 nitrogen and oxygen atoms in total. The van der Waals surface area contributed by atoms with Gasteiger partial charge in [-0.25, -0.2) is 10.8 Å². The molecule has 0 atom stereocenters. The third kappa shape index (κ3) is 2.83. The van der Waals surface area contributed by atoms with Gasteiger partial charge in [-0.3, -0.25) is 9.48 Å². The molecule has 0 aromatic carbocycles. The fourth-order valence-corrected chi connectivity index (χ4v) is 1.44. The van der Waals surface area contributed by atoms with E-state index in [0.717, 1.165) is 5.69 Å². The maximum absolute atomic E-state index is 11.8. The molecule has 0 aliphatic rings. The first-order chi connectivity index (χ1) is 8.69. The Morgan fingerprint density at radius 2 is 2.28 bits per heavy atom. The van der Waals surface area contributed by atoms with Gasteiger partial charge in [-0.2, -0.15) is 5.10 Å². The van der Waals surface area contributed by atoms with Crippen LogP contribution in [0.2, 0.25) is 0 Å². The molecule has 0 aliphatic heterocycles. The molecule has 1 amide bonds. The SMILES string of the molecule is Cn1ccc(CNC(=O)c2ccc(NN)nc2)n1. The summed E-state index contributed by atoms with van der Waals surface area (Å²) in [4.78, 5) is 15.7. The van der Waals surface area contributed by atoms with Gasteiger partial charge in [0.15, 0.2) is 0 Å². The minimum absolute atomic E-state index is 0.197. The number of nitrogens with zero attached hydrogens (tertiary/aromatic N) is 3. The second kappa shape index (κ2) is 5.28. The highest BCUT2D eigenvalue weighted by molar-refractivity contribution is 5.93. The molecule has 0 saturated carbocycles. The van der Waals surface area contributed by atoms with Crippen molar-refractivity contribution in [3.8, 4) is 0 Å². The Labute approximate surface area is 104 Å². The highest BCUT2D eigenvalue weighted by atomic mass is 16.1. The van der Waals surface area contributed by atoms with Crippen molar-refractivity contribution >= 4 is 11.7 Å². The van der Waals surface area contributed by atoms with E-state index in [4.69, 9.17) is 5.84 Å². The fourth-order valence-electron chi connectivity index (χ4n) is 1.44. The summed E-state index contributed by atoms with van der Waals surface area (Å²) in [6.45, 7) is 0.385. The van der Waals surface area contributed by atoms with Gasteiger partial charge in [0.25, 0.3) is 5.91 Å². The number of anilines is 1. The van der Waals surface area contributed by atoms with Crippen molar-refractivity contribution in [1.82, 2.24) is 20.1 Å². The zero-order valence-corrected chi connectivity index (χ0v) is 9.92. The number of pyridine rings is 1. The van der Waals surface area contributed by atoms with E-state index in [0.29, 0.717) is 17.9 Å². The number of carbonyl (C=O) groups excluding carboxylic acids is 1. The highest BCUT2D eigenvalue weighted by Gasteiger charge is 2.06. The van der Waals surface area contributed by atoms with Crippen LogP contribution in [0.3, 0.4) is 0 Å². The van der Waals surface area contributed by atoms with Crippen LogP contribution in [0, 0.1) is 0 Å². The fraction of sp³-hybridized carbons (Fsp3) is 0.182. The van der Waals surface area contributed by atoms with Crippen LogP contribution in [-0.2, 0) is 13.6 Å². The zero-order chi connectivity index (χ0) is 13.0. The number of aryl methyl sites for hydroxylation is 1. The molecule has 18 heavy (non-hydrogen) atoms. The van der Waals surface area contributed by atoms with Crippen LogP contribution in [0.15, 0.2) is 30.6 Å². The third-order valence-corrected chi connectivity index (χ3v) is 2.37. The Morgan fingerprint density at radius 3 is 2.83 bits per heavy atom. The summed E-state index contributed by atoms with van der Waals surface area (Å²) in [5, 5.41) is 6.92. The number of carbonyl (C=O) groups is 1. The van der Waals surface area contributed by atoms with E-state index in [2.05, 4.69) is 20.8 Å². The van der Waals surface area contributed by atoms with Gasteiger partial charge < -0.3 is 10.7 Å². The minimum atomic E-state index is -0.197. The van der Waals surface area contributed by atoms with E-state index in [1.807, 2.05) is 19.3 Å². The van der Waals surface area contributed by atoms with E-state index < -0.39 is 0 Å². The highest BCUT2D eigenvalue weighted by Crippen LogP contribution is 2.03. The minimum Gasteiger partial charge on any atom is -0.346 e. The van der Waals surface area contributed by atoms with Crippen LogP contribution in [0.25, 0.3) is 0 Å². The summed E-state index contributed by atoms with van der Waals surface area (Å²) in [5.41, 5.74) is 3.68. The molecule has 0 bridgehead atoms. The monoisotopic (exact) mass is 246 g/mol. The molecule has 0 aliphatic carbocycles. The molecular formula is C11H14N6O. The predicted octanol–water partition coefficient (Wildman–Crippen LogP) is 0.0307. The van der Waals surface area contributed by atoms with E-state index in [-0.39, 0.29) is 5.91 Å². The summed E-state index contributed by atoms with van der Waals surface area (Å²) in [6, 6.07) is 5.13. The molecule has 7 heteroatoms. The van der Waals surface area contributed by atoms with Crippen molar-refractivity contribution in [2.24, 2.45) is 12.9 Å².